The van der Waals surface area contributed by atoms with Gasteiger partial charge in [-0.05, 0) is 5.92 Å². The average molecular weight is 156 g/mol. The second-order valence-electron chi connectivity index (χ2n) is 3.44. The van der Waals surface area contributed by atoms with Gasteiger partial charge in [-0.15, -0.1) is 0 Å². The molecule has 1 fully saturated rings. The fraction of sp³-hybridized carbons (Fsp3) is 0.875. The van der Waals surface area contributed by atoms with Crippen LogP contribution >= 0.6 is 0 Å². The van der Waals surface area contributed by atoms with Crippen molar-refractivity contribution in [3.63, 3.8) is 0 Å². The van der Waals surface area contributed by atoms with Gasteiger partial charge in [0, 0.05) is 25.6 Å². The van der Waals surface area contributed by atoms with Crippen LogP contribution in [-0.2, 0) is 4.79 Å². The molecular formula is C8H16N2O. The van der Waals surface area contributed by atoms with E-state index in [9.17, 15) is 4.79 Å². The first kappa shape index (κ1) is 8.53. The minimum Gasteiger partial charge on any atom is -0.356 e. The molecule has 1 aliphatic rings. The molecule has 0 saturated carbocycles. The van der Waals surface area contributed by atoms with E-state index < -0.39 is 0 Å². The number of amides is 1. The Hall–Kier alpha value is -0.570. The van der Waals surface area contributed by atoms with E-state index in [-0.39, 0.29) is 5.91 Å². The van der Waals surface area contributed by atoms with Crippen molar-refractivity contribution in [2.45, 2.75) is 26.3 Å². The van der Waals surface area contributed by atoms with Gasteiger partial charge in [0.05, 0.1) is 0 Å². The van der Waals surface area contributed by atoms with Crippen LogP contribution < -0.4 is 10.6 Å². The summed E-state index contributed by atoms with van der Waals surface area (Å²) in [5, 5.41) is 6.13. The third-order valence-electron chi connectivity index (χ3n) is 1.88. The van der Waals surface area contributed by atoms with E-state index in [1.165, 1.54) is 0 Å². The van der Waals surface area contributed by atoms with Gasteiger partial charge in [-0.2, -0.15) is 0 Å². The van der Waals surface area contributed by atoms with E-state index in [4.69, 9.17) is 0 Å². The summed E-state index contributed by atoms with van der Waals surface area (Å²) >= 11 is 0. The predicted molar refractivity (Wildman–Crippen MR) is 44.3 cm³/mol. The highest BCUT2D eigenvalue weighted by atomic mass is 16.1. The molecule has 0 aromatic heterocycles. The molecular weight excluding hydrogens is 140 g/mol. The zero-order valence-corrected chi connectivity index (χ0v) is 7.18. The average Bonchev–Trinajstić information content (AvgIpc) is 2.31. The molecule has 0 radical (unpaired) electrons. The standard InChI is InChI=1S/C8H16N2O/c1-6(2)9-4-7-3-8(11)10-5-7/h6-7,9H,3-5H2,1-2H3,(H,10,11). The van der Waals surface area contributed by atoms with Gasteiger partial charge < -0.3 is 10.6 Å². The van der Waals surface area contributed by atoms with Crippen LogP contribution in [0.1, 0.15) is 20.3 Å². The van der Waals surface area contributed by atoms with Crippen LogP contribution in [0.5, 0.6) is 0 Å². The normalized spacial score (nSPS) is 24.3. The van der Waals surface area contributed by atoms with Crippen LogP contribution in [0.15, 0.2) is 0 Å². The fourth-order valence-electron chi connectivity index (χ4n) is 1.21. The minimum absolute atomic E-state index is 0.195. The van der Waals surface area contributed by atoms with Crippen LogP contribution in [-0.4, -0.2) is 25.0 Å². The molecule has 3 nitrogen and oxygen atoms in total. The van der Waals surface area contributed by atoms with Crippen LogP contribution in [0.4, 0.5) is 0 Å². The van der Waals surface area contributed by atoms with Crippen LogP contribution in [0.3, 0.4) is 0 Å². The Kier molecular flexibility index (Phi) is 2.88. The van der Waals surface area contributed by atoms with Gasteiger partial charge in [0.25, 0.3) is 0 Å². The first-order chi connectivity index (χ1) is 5.18. The molecule has 64 valence electrons. The number of nitrogens with one attached hydrogen (secondary N) is 2. The summed E-state index contributed by atoms with van der Waals surface area (Å²) in [6.07, 6.45) is 0.694. The Bertz CT molecular complexity index is 145. The highest BCUT2D eigenvalue weighted by Gasteiger charge is 2.20. The SMILES string of the molecule is CC(C)NCC1CNC(=O)C1. The lowest BCUT2D eigenvalue weighted by Crippen LogP contribution is -2.29. The van der Waals surface area contributed by atoms with Crippen molar-refractivity contribution in [1.29, 1.82) is 0 Å². The molecule has 0 aromatic carbocycles. The Labute approximate surface area is 67.5 Å². The molecule has 0 aromatic rings. The van der Waals surface area contributed by atoms with Crippen LogP contribution in [0, 0.1) is 5.92 Å². The number of carbonyl (C=O) groups excluding carboxylic acids is 1. The Morgan fingerprint density at radius 1 is 1.73 bits per heavy atom. The van der Waals surface area contributed by atoms with E-state index in [0.717, 1.165) is 13.1 Å². The number of hydrogen-bond donors (Lipinski definition) is 2. The molecule has 1 aliphatic heterocycles. The van der Waals surface area contributed by atoms with Crippen molar-refractivity contribution in [3.8, 4) is 0 Å². The molecule has 1 heterocycles. The summed E-state index contributed by atoms with van der Waals surface area (Å²) in [5.41, 5.74) is 0. The number of rotatable bonds is 3. The van der Waals surface area contributed by atoms with Crippen molar-refractivity contribution in [1.82, 2.24) is 10.6 Å². The molecule has 0 bridgehead atoms. The van der Waals surface area contributed by atoms with Gasteiger partial charge in [0.2, 0.25) is 5.91 Å². The quantitative estimate of drug-likeness (QED) is 0.609. The fourth-order valence-corrected chi connectivity index (χ4v) is 1.21. The second-order valence-corrected chi connectivity index (χ2v) is 3.44. The molecule has 1 rings (SSSR count). The molecule has 0 aliphatic carbocycles. The Morgan fingerprint density at radius 2 is 2.45 bits per heavy atom. The van der Waals surface area contributed by atoms with Gasteiger partial charge in [-0.25, -0.2) is 0 Å². The molecule has 0 spiro atoms. The van der Waals surface area contributed by atoms with Gasteiger partial charge in [-0.3, -0.25) is 4.79 Å². The summed E-state index contributed by atoms with van der Waals surface area (Å²) in [7, 11) is 0. The lowest BCUT2D eigenvalue weighted by atomic mass is 10.1. The minimum atomic E-state index is 0.195. The molecule has 1 saturated heterocycles. The monoisotopic (exact) mass is 156 g/mol. The van der Waals surface area contributed by atoms with E-state index in [2.05, 4.69) is 24.5 Å². The highest BCUT2D eigenvalue weighted by Crippen LogP contribution is 2.06. The van der Waals surface area contributed by atoms with Crippen molar-refractivity contribution < 1.29 is 4.79 Å². The maximum absolute atomic E-state index is 10.8. The molecule has 11 heavy (non-hydrogen) atoms. The maximum Gasteiger partial charge on any atom is 0.220 e. The first-order valence-corrected chi connectivity index (χ1v) is 4.18. The summed E-state index contributed by atoms with van der Waals surface area (Å²) in [4.78, 5) is 10.8. The smallest absolute Gasteiger partial charge is 0.220 e. The third-order valence-corrected chi connectivity index (χ3v) is 1.88. The molecule has 3 heteroatoms. The maximum atomic E-state index is 10.8. The first-order valence-electron chi connectivity index (χ1n) is 4.18. The van der Waals surface area contributed by atoms with E-state index in [1.54, 1.807) is 0 Å². The van der Waals surface area contributed by atoms with Gasteiger partial charge in [0.15, 0.2) is 0 Å². The summed E-state index contributed by atoms with van der Waals surface area (Å²) < 4.78 is 0. The molecule has 1 atom stereocenters. The summed E-state index contributed by atoms with van der Waals surface area (Å²) in [6, 6.07) is 0.519. The van der Waals surface area contributed by atoms with Gasteiger partial charge in [0.1, 0.15) is 0 Å². The van der Waals surface area contributed by atoms with Crippen molar-refractivity contribution in [2.24, 2.45) is 5.92 Å². The highest BCUT2D eigenvalue weighted by molar-refractivity contribution is 5.78. The van der Waals surface area contributed by atoms with E-state index >= 15 is 0 Å². The largest absolute Gasteiger partial charge is 0.356 e. The topological polar surface area (TPSA) is 41.1 Å². The van der Waals surface area contributed by atoms with E-state index in [1.807, 2.05) is 0 Å². The van der Waals surface area contributed by atoms with Crippen LogP contribution in [0.2, 0.25) is 0 Å². The van der Waals surface area contributed by atoms with Gasteiger partial charge >= 0.3 is 0 Å². The van der Waals surface area contributed by atoms with Crippen molar-refractivity contribution in [3.05, 3.63) is 0 Å². The zero-order chi connectivity index (χ0) is 8.27. The Morgan fingerprint density at radius 3 is 2.91 bits per heavy atom. The van der Waals surface area contributed by atoms with Gasteiger partial charge in [-0.1, -0.05) is 13.8 Å². The zero-order valence-electron chi connectivity index (χ0n) is 7.18. The lowest BCUT2D eigenvalue weighted by Gasteiger charge is -2.11. The molecule has 2 N–H and O–H groups in total. The van der Waals surface area contributed by atoms with Crippen molar-refractivity contribution in [2.75, 3.05) is 13.1 Å². The van der Waals surface area contributed by atoms with E-state index in [0.29, 0.717) is 18.4 Å². The molecule has 1 amide bonds. The van der Waals surface area contributed by atoms with Crippen molar-refractivity contribution >= 4 is 5.91 Å². The summed E-state index contributed by atoms with van der Waals surface area (Å²) in [5.74, 6) is 0.699. The second kappa shape index (κ2) is 3.72. The lowest BCUT2D eigenvalue weighted by molar-refractivity contribution is -0.119. The summed E-state index contributed by atoms with van der Waals surface area (Å²) in [6.45, 7) is 6.03. The number of hydrogen-bond acceptors (Lipinski definition) is 2. The van der Waals surface area contributed by atoms with Crippen LogP contribution in [0.25, 0.3) is 0 Å². The third kappa shape index (κ3) is 2.89. The molecule has 1 unspecified atom stereocenters. The number of carbonyl (C=O) groups is 1. The Balaban J connectivity index is 2.13. The predicted octanol–water partition coefficient (Wildman–Crippen LogP) is 0.120.